The zero-order valence-electron chi connectivity index (χ0n) is 22.4. The zero-order chi connectivity index (χ0) is 30.5. The summed E-state index contributed by atoms with van der Waals surface area (Å²) in [7, 11) is 1.26. The molecule has 9 nitrogen and oxygen atoms in total. The van der Waals surface area contributed by atoms with Gasteiger partial charge in [0.2, 0.25) is 0 Å². The molecular weight excluding hydrogens is 616 g/mol. The van der Waals surface area contributed by atoms with E-state index in [0.717, 1.165) is 0 Å². The van der Waals surface area contributed by atoms with Gasteiger partial charge >= 0.3 is 12.1 Å². The van der Waals surface area contributed by atoms with Crippen molar-refractivity contribution in [1.29, 1.82) is 0 Å². The Morgan fingerprint density at radius 1 is 0.878 bits per heavy atom. The molecule has 0 radical (unpaired) electrons. The lowest BCUT2D eigenvalue weighted by molar-refractivity contribution is -0.140. The van der Waals surface area contributed by atoms with E-state index in [9.17, 15) is 19.2 Å². The molecule has 0 saturated carbocycles. The topological polar surface area (TPSA) is 115 Å². The van der Waals surface area contributed by atoms with Crippen LogP contribution >= 0.6 is 46.4 Å². The lowest BCUT2D eigenvalue weighted by atomic mass is 10.1. The van der Waals surface area contributed by atoms with Gasteiger partial charge < -0.3 is 9.47 Å². The molecule has 0 unspecified atom stereocenters. The molecule has 0 saturated heterocycles. The summed E-state index contributed by atoms with van der Waals surface area (Å²) in [5, 5.41) is 2.38. The Morgan fingerprint density at radius 3 is 1.80 bits per heavy atom. The first kappa shape index (κ1) is 32.1. The van der Waals surface area contributed by atoms with Crippen molar-refractivity contribution in [2.24, 2.45) is 0 Å². The third-order valence-electron chi connectivity index (χ3n) is 5.38. The van der Waals surface area contributed by atoms with E-state index >= 15 is 0 Å². The fourth-order valence-corrected chi connectivity index (χ4v) is 4.70. The normalized spacial score (nSPS) is 11.0. The van der Waals surface area contributed by atoms with Crippen LogP contribution < -0.4 is 10.2 Å². The van der Waals surface area contributed by atoms with Crippen LogP contribution in [-0.2, 0) is 20.7 Å². The van der Waals surface area contributed by atoms with E-state index in [4.69, 9.17) is 55.9 Å². The number of ether oxygens (including phenoxy) is 2. The van der Waals surface area contributed by atoms with E-state index in [-0.39, 0.29) is 55.6 Å². The predicted octanol–water partition coefficient (Wildman–Crippen LogP) is 7.64. The molecule has 0 fully saturated rings. The van der Waals surface area contributed by atoms with Crippen LogP contribution in [-0.4, -0.2) is 41.6 Å². The molecule has 41 heavy (non-hydrogen) atoms. The SMILES string of the molecule is COC(=O)CCc1cnc(N(C(=O)c2c(Cl)cccc2Cl)C(=O)c2c(Cl)cccc2Cl)c(NC(=O)OC(C)(C)C)c1. The molecule has 1 N–H and O–H groups in total. The van der Waals surface area contributed by atoms with Gasteiger partial charge in [0.05, 0.1) is 44.0 Å². The number of esters is 1. The highest BCUT2D eigenvalue weighted by Gasteiger charge is 2.34. The summed E-state index contributed by atoms with van der Waals surface area (Å²) in [6.45, 7) is 4.99. The fraction of sp³-hybridized carbons (Fsp3) is 0.250. The summed E-state index contributed by atoms with van der Waals surface area (Å²) in [5.74, 6) is -2.71. The van der Waals surface area contributed by atoms with Crippen molar-refractivity contribution in [3.8, 4) is 0 Å². The number of hydrogen-bond donors (Lipinski definition) is 1. The maximum absolute atomic E-state index is 14.0. The lowest BCUT2D eigenvalue weighted by Crippen LogP contribution is -2.39. The number of nitrogens with zero attached hydrogens (tertiary/aromatic N) is 2. The highest BCUT2D eigenvalue weighted by Crippen LogP contribution is 2.35. The van der Waals surface area contributed by atoms with E-state index < -0.39 is 29.5 Å². The van der Waals surface area contributed by atoms with Crippen LogP contribution in [0.5, 0.6) is 0 Å². The molecule has 13 heteroatoms. The second-order valence-corrected chi connectivity index (χ2v) is 11.2. The highest BCUT2D eigenvalue weighted by molar-refractivity contribution is 6.45. The Labute approximate surface area is 256 Å². The fourth-order valence-electron chi connectivity index (χ4n) is 3.58. The molecule has 1 aromatic heterocycles. The van der Waals surface area contributed by atoms with Gasteiger partial charge in [0.15, 0.2) is 5.82 Å². The van der Waals surface area contributed by atoms with Gasteiger partial charge in [-0.25, -0.2) is 14.7 Å². The van der Waals surface area contributed by atoms with Crippen molar-refractivity contribution in [3.63, 3.8) is 0 Å². The van der Waals surface area contributed by atoms with Gasteiger partial charge in [-0.15, -0.1) is 0 Å². The second kappa shape index (κ2) is 13.5. The highest BCUT2D eigenvalue weighted by atomic mass is 35.5. The Bertz CT molecular complexity index is 1400. The minimum Gasteiger partial charge on any atom is -0.469 e. The number of aryl methyl sites for hydroxylation is 1. The number of anilines is 2. The monoisotopic (exact) mass is 639 g/mol. The number of halogens is 4. The number of aromatic nitrogens is 1. The van der Waals surface area contributed by atoms with Crippen molar-refractivity contribution in [1.82, 2.24) is 4.98 Å². The summed E-state index contributed by atoms with van der Waals surface area (Å²) >= 11 is 25.3. The number of carbonyl (C=O) groups excluding carboxylic acids is 4. The molecule has 0 spiro atoms. The van der Waals surface area contributed by atoms with Gasteiger partial charge in [0, 0.05) is 12.6 Å². The molecule has 216 valence electrons. The van der Waals surface area contributed by atoms with E-state index in [1.807, 2.05) is 0 Å². The number of methoxy groups -OCH3 is 1. The molecule has 1 heterocycles. The van der Waals surface area contributed by atoms with Gasteiger partial charge in [-0.3, -0.25) is 19.7 Å². The molecule has 3 rings (SSSR count). The van der Waals surface area contributed by atoms with Crippen molar-refractivity contribution in [2.75, 3.05) is 17.3 Å². The van der Waals surface area contributed by atoms with Gasteiger partial charge in [-0.1, -0.05) is 58.5 Å². The number of hydrogen-bond acceptors (Lipinski definition) is 7. The number of nitrogens with one attached hydrogen (secondary N) is 1. The van der Waals surface area contributed by atoms with E-state index in [1.165, 1.54) is 55.8 Å². The number of rotatable bonds is 7. The Kier molecular flexibility index (Phi) is 10.6. The molecule has 0 aliphatic rings. The smallest absolute Gasteiger partial charge is 0.412 e. The Hall–Kier alpha value is -3.37. The molecule has 3 aromatic rings. The quantitative estimate of drug-likeness (QED) is 0.208. The van der Waals surface area contributed by atoms with E-state index in [0.29, 0.717) is 10.5 Å². The number of amides is 3. The van der Waals surface area contributed by atoms with Crippen LogP contribution in [0, 0.1) is 0 Å². The molecule has 0 atom stereocenters. The zero-order valence-corrected chi connectivity index (χ0v) is 25.4. The van der Waals surface area contributed by atoms with Crippen LogP contribution in [0.1, 0.15) is 53.5 Å². The Morgan fingerprint density at radius 2 is 1.37 bits per heavy atom. The summed E-state index contributed by atoms with van der Waals surface area (Å²) < 4.78 is 10.1. The number of benzene rings is 2. The molecule has 0 aliphatic carbocycles. The molecule has 0 bridgehead atoms. The Balaban J connectivity index is 2.25. The number of imide groups is 1. The van der Waals surface area contributed by atoms with Gasteiger partial charge in [0.25, 0.3) is 11.8 Å². The summed E-state index contributed by atoms with van der Waals surface area (Å²) in [5.41, 5.74) is -0.882. The minimum absolute atomic E-state index is 0.00937. The molecule has 3 amide bonds. The minimum atomic E-state index is -0.969. The van der Waals surface area contributed by atoms with E-state index in [1.54, 1.807) is 20.8 Å². The predicted molar refractivity (Wildman–Crippen MR) is 158 cm³/mol. The van der Waals surface area contributed by atoms with Crippen molar-refractivity contribution in [2.45, 2.75) is 39.2 Å². The van der Waals surface area contributed by atoms with Crippen LogP contribution in [0.4, 0.5) is 16.3 Å². The second-order valence-electron chi connectivity index (χ2n) is 9.56. The van der Waals surface area contributed by atoms with Crippen molar-refractivity contribution < 1.29 is 28.7 Å². The first-order chi connectivity index (χ1) is 19.2. The molecule has 2 aromatic carbocycles. The summed E-state index contributed by atoms with van der Waals surface area (Å²) in [6.07, 6.45) is 0.638. The summed E-state index contributed by atoms with van der Waals surface area (Å²) in [4.78, 5) is 57.6. The van der Waals surface area contributed by atoms with Gasteiger partial charge in [0.1, 0.15) is 5.60 Å². The maximum Gasteiger partial charge on any atom is 0.412 e. The average Bonchev–Trinajstić information content (AvgIpc) is 2.87. The first-order valence-corrected chi connectivity index (χ1v) is 13.6. The lowest BCUT2D eigenvalue weighted by Gasteiger charge is -2.25. The third-order valence-corrected chi connectivity index (χ3v) is 6.64. The van der Waals surface area contributed by atoms with Crippen molar-refractivity contribution in [3.05, 3.63) is 85.4 Å². The standard InChI is InChI=1S/C28H25Cl4N3O6/c1-28(2,3)41-27(39)34-20-13-15(11-12-21(36)40-4)14-33-24(20)35(25(37)22-16(29)7-5-8-17(22)30)26(38)23-18(31)9-6-10-19(23)32/h5-10,13-14H,11-12H2,1-4H3,(H,34,39). The maximum atomic E-state index is 14.0. The average molecular weight is 641 g/mol. The van der Waals surface area contributed by atoms with E-state index in [2.05, 4.69) is 10.3 Å². The molecule has 0 aliphatic heterocycles. The van der Waals surface area contributed by atoms with Crippen LogP contribution in [0.3, 0.4) is 0 Å². The van der Waals surface area contributed by atoms with Crippen molar-refractivity contribution >= 4 is 81.8 Å². The van der Waals surface area contributed by atoms with Crippen LogP contribution in [0.25, 0.3) is 0 Å². The third kappa shape index (κ3) is 8.10. The largest absolute Gasteiger partial charge is 0.469 e. The van der Waals surface area contributed by atoms with Gasteiger partial charge in [-0.05, 0) is 63.1 Å². The first-order valence-electron chi connectivity index (χ1n) is 12.1. The van der Waals surface area contributed by atoms with Crippen LogP contribution in [0.15, 0.2) is 48.7 Å². The number of carbonyl (C=O) groups is 4. The van der Waals surface area contributed by atoms with Crippen LogP contribution in [0.2, 0.25) is 20.1 Å². The molecular formula is C28H25Cl4N3O6. The summed E-state index contributed by atoms with van der Waals surface area (Å²) in [6, 6.07) is 10.2. The number of pyridine rings is 1. The van der Waals surface area contributed by atoms with Gasteiger partial charge in [-0.2, -0.15) is 0 Å².